The van der Waals surface area contributed by atoms with Crippen molar-refractivity contribution < 1.29 is 4.92 Å². The highest BCUT2D eigenvalue weighted by Crippen LogP contribution is 2.13. The molecule has 21 heavy (non-hydrogen) atoms. The van der Waals surface area contributed by atoms with E-state index in [1.165, 1.54) is 38.3 Å². The molecule has 0 unspecified atom stereocenters. The number of aryl methyl sites for hydroxylation is 1. The van der Waals surface area contributed by atoms with E-state index in [2.05, 4.69) is 31.9 Å². The molecule has 1 heterocycles. The number of rotatable bonds is 10. The molecule has 0 saturated carbocycles. The van der Waals surface area contributed by atoms with Gasteiger partial charge in [0.05, 0.1) is 15.6 Å². The summed E-state index contributed by atoms with van der Waals surface area (Å²) in [5.74, 6) is 0. The molecule has 0 fully saturated rings. The molecule has 0 bridgehead atoms. The van der Waals surface area contributed by atoms with Crippen LogP contribution in [0.3, 0.4) is 0 Å². The van der Waals surface area contributed by atoms with Crippen LogP contribution in [0.2, 0.25) is 0 Å². The fourth-order valence-corrected chi connectivity index (χ4v) is 2.97. The van der Waals surface area contributed by atoms with Crippen LogP contribution in [0.25, 0.3) is 0 Å². The number of nitro groups is 1. The predicted molar refractivity (Wildman–Crippen MR) is 91.2 cm³/mol. The fraction of sp³-hybridized carbons (Fsp3) is 0.643. The third kappa shape index (κ3) is 6.74. The molecule has 1 aromatic rings. The molecule has 7 heteroatoms. The summed E-state index contributed by atoms with van der Waals surface area (Å²) in [6.45, 7) is 0.696. The third-order valence-electron chi connectivity index (χ3n) is 3.26. The maximum atomic E-state index is 11.6. The lowest BCUT2D eigenvalue weighted by molar-refractivity contribution is -0.386. The normalized spacial score (nSPS) is 10.8. The van der Waals surface area contributed by atoms with Gasteiger partial charge in [0.25, 0.3) is 5.43 Å². The number of hydrogen-bond acceptors (Lipinski definition) is 3. The molecule has 5 nitrogen and oxygen atoms in total. The van der Waals surface area contributed by atoms with Crippen molar-refractivity contribution in [3.8, 4) is 0 Å². The number of halogens is 2. The van der Waals surface area contributed by atoms with E-state index in [1.807, 2.05) is 0 Å². The zero-order valence-electron chi connectivity index (χ0n) is 11.9. The van der Waals surface area contributed by atoms with Crippen LogP contribution in [0.1, 0.15) is 44.9 Å². The van der Waals surface area contributed by atoms with E-state index in [0.717, 1.165) is 18.2 Å². The predicted octanol–water partition coefficient (Wildman–Crippen LogP) is 4.64. The molecule has 0 aromatic carbocycles. The Morgan fingerprint density at radius 2 is 1.62 bits per heavy atom. The topological polar surface area (TPSA) is 65.1 Å². The number of aromatic nitrogens is 1. The summed E-state index contributed by atoms with van der Waals surface area (Å²) in [6.07, 6.45) is 11.2. The first kappa shape index (κ1) is 18.4. The Morgan fingerprint density at radius 3 is 2.19 bits per heavy atom. The van der Waals surface area contributed by atoms with Crippen molar-refractivity contribution in [2.45, 2.75) is 51.5 Å². The Bertz CT molecular complexity index is 517. The molecule has 0 amide bonds. The van der Waals surface area contributed by atoms with Gasteiger partial charge in [-0.05, 0) is 28.8 Å². The lowest BCUT2D eigenvalue weighted by Crippen LogP contribution is -2.13. The molecule has 0 spiro atoms. The second kappa shape index (κ2) is 10.1. The third-order valence-corrected chi connectivity index (χ3v) is 4.39. The molecule has 118 valence electrons. The van der Waals surface area contributed by atoms with Gasteiger partial charge in [0, 0.05) is 18.1 Å². The minimum Gasteiger partial charge on any atom is -0.347 e. The van der Waals surface area contributed by atoms with Crippen molar-refractivity contribution in [2.24, 2.45) is 0 Å². The van der Waals surface area contributed by atoms with Crippen LogP contribution in [-0.2, 0) is 6.54 Å². The average molecular weight is 424 g/mol. The number of pyridine rings is 1. The van der Waals surface area contributed by atoms with Crippen LogP contribution in [0.15, 0.2) is 21.7 Å². The first-order valence-corrected chi connectivity index (χ1v) is 9.07. The molecule has 1 aromatic heterocycles. The standard InChI is InChI=1S/C14H20Br2N2O3/c15-8-6-4-2-1-3-5-7-9-17-10-12(16)14(19)13(11-17)18(20)21/h10-11H,1-9H2. The zero-order valence-corrected chi connectivity index (χ0v) is 15.1. The van der Waals surface area contributed by atoms with Gasteiger partial charge in [-0.15, -0.1) is 0 Å². The maximum Gasteiger partial charge on any atom is 0.333 e. The Kier molecular flexibility index (Phi) is 8.84. The second-order valence-corrected chi connectivity index (χ2v) is 6.63. The molecular formula is C14H20Br2N2O3. The summed E-state index contributed by atoms with van der Waals surface area (Å²) < 4.78 is 1.96. The van der Waals surface area contributed by atoms with Gasteiger partial charge in [-0.1, -0.05) is 48.0 Å². The van der Waals surface area contributed by atoms with Crippen LogP contribution in [0.4, 0.5) is 5.69 Å². The van der Waals surface area contributed by atoms with E-state index in [0.29, 0.717) is 6.54 Å². The minimum atomic E-state index is -0.631. The van der Waals surface area contributed by atoms with Gasteiger partial charge in [0.2, 0.25) is 0 Å². The highest BCUT2D eigenvalue weighted by Gasteiger charge is 2.15. The van der Waals surface area contributed by atoms with E-state index < -0.39 is 10.4 Å². The summed E-state index contributed by atoms with van der Waals surface area (Å²) in [5, 5.41) is 11.9. The Morgan fingerprint density at radius 1 is 1.05 bits per heavy atom. The largest absolute Gasteiger partial charge is 0.347 e. The lowest BCUT2D eigenvalue weighted by Gasteiger charge is -2.07. The highest BCUT2D eigenvalue weighted by atomic mass is 79.9. The molecule has 0 N–H and O–H groups in total. The van der Waals surface area contributed by atoms with Gasteiger partial charge < -0.3 is 4.57 Å². The summed E-state index contributed by atoms with van der Waals surface area (Å²) >= 11 is 6.50. The molecule has 0 atom stereocenters. The number of alkyl halides is 1. The van der Waals surface area contributed by atoms with Crippen molar-refractivity contribution in [1.82, 2.24) is 4.57 Å². The van der Waals surface area contributed by atoms with Crippen LogP contribution in [-0.4, -0.2) is 14.8 Å². The molecule has 0 aliphatic carbocycles. The van der Waals surface area contributed by atoms with Crippen LogP contribution in [0, 0.1) is 10.1 Å². The zero-order chi connectivity index (χ0) is 15.7. The minimum absolute atomic E-state index is 0.242. The quantitative estimate of drug-likeness (QED) is 0.238. The summed E-state index contributed by atoms with van der Waals surface area (Å²) in [6, 6.07) is 0. The molecular weight excluding hydrogens is 404 g/mol. The van der Waals surface area contributed by atoms with E-state index in [4.69, 9.17) is 0 Å². The van der Waals surface area contributed by atoms with Gasteiger partial charge >= 0.3 is 5.69 Å². The first-order chi connectivity index (χ1) is 10.1. The van der Waals surface area contributed by atoms with Crippen molar-refractivity contribution in [1.29, 1.82) is 0 Å². The summed E-state index contributed by atoms with van der Waals surface area (Å²) in [5.41, 5.74) is -0.942. The highest BCUT2D eigenvalue weighted by molar-refractivity contribution is 9.10. The van der Waals surface area contributed by atoms with Gasteiger partial charge in [-0.3, -0.25) is 14.9 Å². The SMILES string of the molecule is O=c1c(Br)cn(CCCCCCCCCBr)cc1[N+](=O)[O-]. The second-order valence-electron chi connectivity index (χ2n) is 4.98. The summed E-state index contributed by atoms with van der Waals surface area (Å²) in [4.78, 5) is 21.7. The number of unbranched alkanes of at least 4 members (excludes halogenated alkanes) is 6. The summed E-state index contributed by atoms with van der Waals surface area (Å²) in [7, 11) is 0. The molecule has 0 aliphatic rings. The molecule has 0 saturated heterocycles. The van der Waals surface area contributed by atoms with Crippen molar-refractivity contribution in [3.05, 3.63) is 37.2 Å². The molecule has 0 radical (unpaired) electrons. The van der Waals surface area contributed by atoms with Gasteiger partial charge in [-0.25, -0.2) is 0 Å². The van der Waals surface area contributed by atoms with E-state index >= 15 is 0 Å². The van der Waals surface area contributed by atoms with Crippen LogP contribution >= 0.6 is 31.9 Å². The van der Waals surface area contributed by atoms with E-state index in [1.54, 1.807) is 10.8 Å². The van der Waals surface area contributed by atoms with Crippen LogP contribution < -0.4 is 5.43 Å². The number of hydrogen-bond donors (Lipinski definition) is 0. The fourth-order valence-electron chi connectivity index (χ4n) is 2.11. The van der Waals surface area contributed by atoms with E-state index in [-0.39, 0.29) is 10.2 Å². The van der Waals surface area contributed by atoms with Crippen molar-refractivity contribution in [3.63, 3.8) is 0 Å². The first-order valence-electron chi connectivity index (χ1n) is 7.16. The van der Waals surface area contributed by atoms with Crippen molar-refractivity contribution >= 4 is 37.5 Å². The van der Waals surface area contributed by atoms with Gasteiger partial charge in [-0.2, -0.15) is 0 Å². The Balaban J connectivity index is 2.36. The monoisotopic (exact) mass is 422 g/mol. The van der Waals surface area contributed by atoms with Crippen molar-refractivity contribution in [2.75, 3.05) is 5.33 Å². The maximum absolute atomic E-state index is 11.6. The Labute approximate surface area is 141 Å². The Hall–Kier alpha value is -0.690. The van der Waals surface area contributed by atoms with E-state index in [9.17, 15) is 14.9 Å². The molecule has 0 aliphatic heterocycles. The average Bonchev–Trinajstić information content (AvgIpc) is 2.45. The lowest BCUT2D eigenvalue weighted by atomic mass is 10.1. The van der Waals surface area contributed by atoms with Crippen LogP contribution in [0.5, 0.6) is 0 Å². The van der Waals surface area contributed by atoms with Gasteiger partial charge in [0.1, 0.15) is 0 Å². The molecule has 1 rings (SSSR count). The number of nitrogens with zero attached hydrogens (tertiary/aromatic N) is 2. The van der Waals surface area contributed by atoms with Gasteiger partial charge in [0.15, 0.2) is 0 Å². The smallest absolute Gasteiger partial charge is 0.333 e.